The Kier molecular flexibility index (Phi) is 6.15. The van der Waals surface area contributed by atoms with Gasteiger partial charge in [-0.3, -0.25) is 9.59 Å². The monoisotopic (exact) mass is 309 g/mol. The predicted molar refractivity (Wildman–Crippen MR) is 75.7 cm³/mol. The fraction of sp³-hybridized carbons (Fsp3) is 0.571. The molecule has 1 saturated heterocycles. The molecule has 1 rings (SSSR count). The molecule has 1 heterocycles. The fourth-order valence-electron chi connectivity index (χ4n) is 2.46. The van der Waals surface area contributed by atoms with Gasteiger partial charge >= 0.3 is 11.7 Å². The number of hydrogen-bond donors (Lipinski definition) is 2. The van der Waals surface area contributed by atoms with Crippen LogP contribution < -0.4 is 5.32 Å². The van der Waals surface area contributed by atoms with Crippen molar-refractivity contribution in [3.8, 4) is 0 Å². The van der Waals surface area contributed by atoms with Crippen LogP contribution in [0.25, 0.3) is 5.53 Å². The summed E-state index contributed by atoms with van der Waals surface area (Å²) in [6.45, 7) is 6.38. The molecule has 0 aromatic heterocycles. The molecule has 8 heteroatoms. The van der Waals surface area contributed by atoms with E-state index in [0.717, 1.165) is 0 Å². The van der Waals surface area contributed by atoms with Gasteiger partial charge in [-0.2, -0.15) is 4.79 Å². The number of β-lactam (4-membered cyclic amide) rings is 1. The summed E-state index contributed by atoms with van der Waals surface area (Å²) in [7, 11) is 0. The number of hydrogen-bond acceptors (Lipinski definition) is 5. The van der Waals surface area contributed by atoms with Crippen molar-refractivity contribution in [2.45, 2.75) is 32.4 Å². The molecular formula is C14H19N3O5. The van der Waals surface area contributed by atoms with E-state index in [2.05, 4.69) is 21.4 Å². The number of aliphatic hydroxyl groups is 1. The van der Waals surface area contributed by atoms with Gasteiger partial charge in [0.25, 0.3) is 5.78 Å². The summed E-state index contributed by atoms with van der Waals surface area (Å²) < 4.78 is 4.68. The molecule has 8 nitrogen and oxygen atoms in total. The Morgan fingerprint density at radius 1 is 1.59 bits per heavy atom. The second-order valence-corrected chi connectivity index (χ2v) is 5.02. The van der Waals surface area contributed by atoms with Gasteiger partial charge in [-0.25, -0.2) is 4.79 Å². The van der Waals surface area contributed by atoms with E-state index in [1.807, 2.05) is 0 Å². The molecule has 0 aromatic rings. The average molecular weight is 309 g/mol. The van der Waals surface area contributed by atoms with Crippen molar-refractivity contribution < 1.29 is 29.0 Å². The van der Waals surface area contributed by atoms with Gasteiger partial charge in [0.2, 0.25) is 5.91 Å². The first kappa shape index (κ1) is 17.7. The molecule has 4 atom stereocenters. The Labute approximate surface area is 127 Å². The summed E-state index contributed by atoms with van der Waals surface area (Å²) in [6, 6.07) is -0.617. The molecule has 0 saturated carbocycles. The molecule has 120 valence electrons. The number of rotatable bonds is 8. The first-order chi connectivity index (χ1) is 10.4. The molecule has 1 fully saturated rings. The minimum atomic E-state index is -1.06. The van der Waals surface area contributed by atoms with Crippen LogP contribution in [0.2, 0.25) is 0 Å². The molecule has 1 amide bonds. The molecule has 0 unspecified atom stereocenters. The lowest BCUT2D eigenvalue weighted by molar-refractivity contribution is -0.146. The van der Waals surface area contributed by atoms with Crippen molar-refractivity contribution >= 4 is 23.4 Å². The molecule has 0 radical (unpaired) electrons. The van der Waals surface area contributed by atoms with Crippen molar-refractivity contribution in [2.75, 3.05) is 6.61 Å². The highest BCUT2D eigenvalue weighted by atomic mass is 16.5. The van der Waals surface area contributed by atoms with Gasteiger partial charge in [-0.15, -0.1) is 0 Å². The Morgan fingerprint density at radius 3 is 2.64 bits per heavy atom. The third-order valence-electron chi connectivity index (χ3n) is 3.59. The van der Waals surface area contributed by atoms with Crippen LogP contribution in [0.4, 0.5) is 0 Å². The average Bonchev–Trinajstić information content (AvgIpc) is 2.44. The van der Waals surface area contributed by atoms with Crippen molar-refractivity contribution in [2.24, 2.45) is 11.8 Å². The van der Waals surface area contributed by atoms with Crippen LogP contribution in [0.1, 0.15) is 20.3 Å². The van der Waals surface area contributed by atoms with Gasteiger partial charge < -0.3 is 20.7 Å². The highest BCUT2D eigenvalue weighted by molar-refractivity contribution is 6.62. The number of carbonyl (C=O) groups excluding carboxylic acids is 3. The third kappa shape index (κ3) is 3.47. The Bertz CT molecular complexity index is 537. The molecule has 1 aliphatic heterocycles. The van der Waals surface area contributed by atoms with E-state index < -0.39 is 41.4 Å². The number of esters is 1. The van der Waals surface area contributed by atoms with Crippen LogP contribution >= 0.6 is 0 Å². The van der Waals surface area contributed by atoms with E-state index in [0.29, 0.717) is 6.42 Å². The number of amides is 1. The van der Waals surface area contributed by atoms with Crippen LogP contribution in [-0.2, 0) is 19.1 Å². The first-order valence-electron chi connectivity index (χ1n) is 6.91. The molecule has 0 aromatic carbocycles. The quantitative estimate of drug-likeness (QED) is 0.118. The SMILES string of the molecule is C=CCOC(=O)C(=[N+]=[N-])C(=O)[C@H](CC)[C@H]1NC(=O)[C@@H]1[C@@H](C)O. The van der Waals surface area contributed by atoms with Crippen molar-refractivity contribution in [1.29, 1.82) is 0 Å². The van der Waals surface area contributed by atoms with Gasteiger partial charge in [-0.1, -0.05) is 19.6 Å². The second-order valence-electron chi connectivity index (χ2n) is 5.02. The van der Waals surface area contributed by atoms with Crippen LogP contribution in [0.5, 0.6) is 0 Å². The molecule has 0 aliphatic carbocycles. The fourth-order valence-corrected chi connectivity index (χ4v) is 2.46. The summed E-state index contributed by atoms with van der Waals surface area (Å²) in [4.78, 5) is 38.3. The number of aliphatic hydroxyl groups excluding tert-OH is 1. The molecule has 1 aliphatic rings. The molecule has 0 spiro atoms. The maximum atomic E-state index is 12.4. The largest absolute Gasteiger partial charge is 0.453 e. The zero-order chi connectivity index (χ0) is 16.9. The summed E-state index contributed by atoms with van der Waals surface area (Å²) >= 11 is 0. The van der Waals surface area contributed by atoms with Crippen LogP contribution in [-0.4, -0.2) is 52.0 Å². The van der Waals surface area contributed by atoms with Crippen molar-refractivity contribution in [1.82, 2.24) is 5.32 Å². The number of Topliss-reactive ketones (excluding diaryl/α,β-unsaturated/α-hetero) is 1. The zero-order valence-electron chi connectivity index (χ0n) is 12.5. The number of nitrogens with one attached hydrogen (secondary N) is 1. The minimum absolute atomic E-state index is 0.127. The number of carbonyl (C=O) groups is 3. The van der Waals surface area contributed by atoms with E-state index in [-0.39, 0.29) is 12.5 Å². The zero-order valence-corrected chi connectivity index (χ0v) is 12.5. The van der Waals surface area contributed by atoms with Crippen LogP contribution in [0.3, 0.4) is 0 Å². The van der Waals surface area contributed by atoms with Gasteiger partial charge in [0.1, 0.15) is 6.61 Å². The smallest absolute Gasteiger partial charge is 0.441 e. The van der Waals surface area contributed by atoms with Crippen molar-refractivity contribution in [3.63, 3.8) is 0 Å². The Balaban J connectivity index is 2.92. The van der Waals surface area contributed by atoms with Gasteiger partial charge in [0, 0.05) is 0 Å². The molecule has 2 N–H and O–H groups in total. The Hall–Kier alpha value is -2.31. The minimum Gasteiger partial charge on any atom is -0.453 e. The highest BCUT2D eigenvalue weighted by Crippen LogP contribution is 2.28. The number of ketones is 1. The van der Waals surface area contributed by atoms with E-state index >= 15 is 0 Å². The number of ether oxygens (including phenoxy) is 1. The van der Waals surface area contributed by atoms with Crippen molar-refractivity contribution in [3.05, 3.63) is 18.2 Å². The first-order valence-corrected chi connectivity index (χ1v) is 6.91. The Morgan fingerprint density at radius 2 is 2.23 bits per heavy atom. The van der Waals surface area contributed by atoms with Gasteiger partial charge in [-0.05, 0) is 13.3 Å². The normalized spacial score (nSPS) is 22.4. The van der Waals surface area contributed by atoms with E-state index in [1.165, 1.54) is 13.0 Å². The molecule has 0 bridgehead atoms. The number of nitrogens with zero attached hydrogens (tertiary/aromatic N) is 2. The van der Waals surface area contributed by atoms with E-state index in [9.17, 15) is 19.5 Å². The standard InChI is InChI=1S/C14H19N3O5/c1-4-6-22-14(21)11(17-15)12(19)8(5-2)10-9(7(3)18)13(20)16-10/h4,7-10,18H,1,5-6H2,2-3H3,(H,16,20)/t7-,8-,9-,10-/m1/s1. The summed E-state index contributed by atoms with van der Waals surface area (Å²) in [5.74, 6) is -3.69. The van der Waals surface area contributed by atoms with Crippen LogP contribution in [0.15, 0.2) is 12.7 Å². The molecular weight excluding hydrogens is 290 g/mol. The molecule has 22 heavy (non-hydrogen) atoms. The van der Waals surface area contributed by atoms with Crippen LogP contribution in [0, 0.1) is 11.8 Å². The predicted octanol–water partition coefficient (Wildman–Crippen LogP) is -0.523. The summed E-state index contributed by atoms with van der Waals surface area (Å²) in [5.41, 5.74) is 8.18. The lowest BCUT2D eigenvalue weighted by Gasteiger charge is -2.41. The van der Waals surface area contributed by atoms with E-state index in [4.69, 9.17) is 5.53 Å². The lowest BCUT2D eigenvalue weighted by Crippen LogP contribution is -2.66. The summed E-state index contributed by atoms with van der Waals surface area (Å²) in [5, 5.41) is 12.1. The lowest BCUT2D eigenvalue weighted by atomic mass is 9.74. The third-order valence-corrected chi connectivity index (χ3v) is 3.59. The highest BCUT2D eigenvalue weighted by Gasteiger charge is 2.51. The van der Waals surface area contributed by atoms with Gasteiger partial charge in [0.15, 0.2) is 0 Å². The summed E-state index contributed by atoms with van der Waals surface area (Å²) in [6.07, 6.45) is 0.674. The topological polar surface area (TPSA) is 129 Å². The van der Waals surface area contributed by atoms with Gasteiger partial charge in [0.05, 0.1) is 24.0 Å². The maximum Gasteiger partial charge on any atom is 0.441 e. The van der Waals surface area contributed by atoms with E-state index in [1.54, 1.807) is 6.92 Å². The second kappa shape index (κ2) is 7.63. The maximum absolute atomic E-state index is 12.4.